The molecule has 4 aromatic rings. The zero-order valence-electron chi connectivity index (χ0n) is 14.8. The molecule has 0 aromatic heterocycles. The zero-order chi connectivity index (χ0) is 17.5. The molecule has 1 aliphatic carbocycles. The van der Waals surface area contributed by atoms with Crippen molar-refractivity contribution < 1.29 is 0 Å². The van der Waals surface area contributed by atoms with Gasteiger partial charge in [-0.2, -0.15) is 0 Å². The van der Waals surface area contributed by atoms with Crippen LogP contribution in [0.3, 0.4) is 0 Å². The maximum absolute atomic E-state index is 2.29. The molecule has 0 saturated carbocycles. The van der Waals surface area contributed by atoms with Crippen molar-refractivity contribution in [1.82, 2.24) is 0 Å². The van der Waals surface area contributed by atoms with Crippen LogP contribution >= 0.6 is 0 Å². The molecule has 0 amide bonds. The normalized spacial score (nSPS) is 14.8. The van der Waals surface area contributed by atoms with Crippen LogP contribution < -0.4 is 5.19 Å². The van der Waals surface area contributed by atoms with Crippen molar-refractivity contribution in [1.29, 1.82) is 0 Å². The Balaban J connectivity index is 1.81. The van der Waals surface area contributed by atoms with E-state index in [9.17, 15) is 0 Å². The Labute approximate surface area is 157 Å². The molecule has 0 spiro atoms. The summed E-state index contributed by atoms with van der Waals surface area (Å²) in [4.78, 5) is 0. The van der Waals surface area contributed by atoms with E-state index >= 15 is 0 Å². The van der Waals surface area contributed by atoms with Crippen molar-refractivity contribution in [3.63, 3.8) is 0 Å². The predicted octanol–water partition coefficient (Wildman–Crippen LogP) is 4.50. The maximum Gasteiger partial charge on any atom is 0.0384 e. The Hall–Kier alpha value is -2.90. The van der Waals surface area contributed by atoms with Gasteiger partial charge in [-0.15, -0.1) is 0 Å². The fourth-order valence-corrected chi connectivity index (χ4v) is 4.57. The first kappa shape index (κ1) is 15.4. The minimum Gasteiger partial charge on any atom is -0.0707 e. The van der Waals surface area contributed by atoms with Gasteiger partial charge in [-0.25, -0.2) is 0 Å². The van der Waals surface area contributed by atoms with E-state index in [1.54, 1.807) is 0 Å². The predicted molar refractivity (Wildman–Crippen MR) is 114 cm³/mol. The van der Waals surface area contributed by atoms with E-state index in [0.29, 0.717) is 5.92 Å². The van der Waals surface area contributed by atoms with Crippen LogP contribution in [0.1, 0.15) is 22.6 Å². The smallest absolute Gasteiger partial charge is 0.0384 e. The topological polar surface area (TPSA) is 0 Å². The third-order valence-corrected chi connectivity index (χ3v) is 6.12. The molecule has 1 atom stereocenters. The fraction of sp³-hybridized carbons (Fsp3) is 0.0400. The number of rotatable bonds is 2. The molecule has 0 aliphatic heterocycles. The van der Waals surface area contributed by atoms with Gasteiger partial charge in [0, 0.05) is 16.2 Å². The molecule has 0 bridgehead atoms. The second kappa shape index (κ2) is 6.12. The molecule has 4 aromatic carbocycles. The van der Waals surface area contributed by atoms with Crippen LogP contribution in [0.25, 0.3) is 22.3 Å². The molecule has 0 saturated heterocycles. The molecule has 0 heterocycles. The second-order valence-electron chi connectivity index (χ2n) is 7.06. The SMILES string of the molecule is [SiH3]c1ccc(-c2cccc3c2C(c2ccccc2)c2ccccc2-3)cc1. The molecular formula is C25H20Si. The molecule has 0 N–H and O–H groups in total. The van der Waals surface area contributed by atoms with Crippen molar-refractivity contribution >= 4 is 15.4 Å². The highest BCUT2D eigenvalue weighted by Crippen LogP contribution is 2.51. The number of hydrogen-bond donors (Lipinski definition) is 0. The maximum atomic E-state index is 2.29. The van der Waals surface area contributed by atoms with Gasteiger partial charge in [0.1, 0.15) is 0 Å². The van der Waals surface area contributed by atoms with E-state index in [1.165, 1.54) is 44.1 Å². The summed E-state index contributed by atoms with van der Waals surface area (Å²) in [7, 11) is 1.10. The second-order valence-corrected chi connectivity index (χ2v) is 8.22. The summed E-state index contributed by atoms with van der Waals surface area (Å²) in [6.07, 6.45) is 0. The lowest BCUT2D eigenvalue weighted by atomic mass is 9.85. The minimum absolute atomic E-state index is 0.300. The van der Waals surface area contributed by atoms with Crippen LogP contribution in [0, 0.1) is 0 Å². The molecule has 1 heteroatoms. The van der Waals surface area contributed by atoms with Gasteiger partial charge in [0.15, 0.2) is 0 Å². The number of benzene rings is 4. The lowest BCUT2D eigenvalue weighted by molar-refractivity contribution is 1.02. The first-order valence-corrected chi connectivity index (χ1v) is 10.2. The number of fused-ring (bicyclic) bond motifs is 3. The van der Waals surface area contributed by atoms with Crippen molar-refractivity contribution in [3.8, 4) is 22.3 Å². The van der Waals surface area contributed by atoms with Gasteiger partial charge >= 0.3 is 0 Å². The van der Waals surface area contributed by atoms with Crippen LogP contribution in [0.15, 0.2) is 97.1 Å². The fourth-order valence-electron chi connectivity index (χ4n) is 4.24. The first-order valence-electron chi connectivity index (χ1n) is 9.17. The van der Waals surface area contributed by atoms with Gasteiger partial charge in [0.2, 0.25) is 0 Å². The lowest BCUT2D eigenvalue weighted by Crippen LogP contribution is -2.02. The van der Waals surface area contributed by atoms with Crippen molar-refractivity contribution in [2.24, 2.45) is 0 Å². The molecule has 0 fully saturated rings. The summed E-state index contributed by atoms with van der Waals surface area (Å²) in [6.45, 7) is 0. The quantitative estimate of drug-likeness (QED) is 0.412. The Morgan fingerprint density at radius 1 is 0.538 bits per heavy atom. The Morgan fingerprint density at radius 3 is 2.00 bits per heavy atom. The highest BCUT2D eigenvalue weighted by molar-refractivity contribution is 6.32. The lowest BCUT2D eigenvalue weighted by Gasteiger charge is -2.18. The summed E-state index contributed by atoms with van der Waals surface area (Å²) in [6, 6.07) is 35.6. The third kappa shape index (κ3) is 2.36. The zero-order valence-corrected chi connectivity index (χ0v) is 16.8. The van der Waals surface area contributed by atoms with Gasteiger partial charge in [-0.1, -0.05) is 102 Å². The Bertz CT molecular complexity index is 1080. The van der Waals surface area contributed by atoms with E-state index in [-0.39, 0.29) is 0 Å². The van der Waals surface area contributed by atoms with Crippen LogP contribution in [0.2, 0.25) is 0 Å². The monoisotopic (exact) mass is 348 g/mol. The van der Waals surface area contributed by atoms with E-state index < -0.39 is 0 Å². The number of hydrogen-bond acceptors (Lipinski definition) is 0. The highest BCUT2D eigenvalue weighted by atomic mass is 28.1. The molecule has 0 radical (unpaired) electrons. The van der Waals surface area contributed by atoms with E-state index in [0.717, 1.165) is 10.2 Å². The van der Waals surface area contributed by atoms with Gasteiger partial charge < -0.3 is 0 Å². The average molecular weight is 349 g/mol. The summed E-state index contributed by atoms with van der Waals surface area (Å²) >= 11 is 0. The Kier molecular flexibility index (Phi) is 3.61. The molecular weight excluding hydrogens is 328 g/mol. The van der Waals surface area contributed by atoms with Crippen LogP contribution in [-0.2, 0) is 0 Å². The van der Waals surface area contributed by atoms with Crippen LogP contribution in [0.4, 0.5) is 0 Å². The van der Waals surface area contributed by atoms with E-state index in [1.807, 2.05) is 0 Å². The molecule has 5 rings (SSSR count). The van der Waals surface area contributed by atoms with Crippen LogP contribution in [-0.4, -0.2) is 10.2 Å². The van der Waals surface area contributed by atoms with Crippen molar-refractivity contribution in [2.45, 2.75) is 5.92 Å². The summed E-state index contributed by atoms with van der Waals surface area (Å²) < 4.78 is 0. The minimum atomic E-state index is 0.300. The standard InChI is InChI=1S/C25H20Si/c26-19-15-13-17(14-16-19)20-11-6-12-23-21-9-4-5-10-22(21)24(25(20)23)18-7-2-1-3-8-18/h1-16,24H,26H3. The molecule has 124 valence electrons. The largest absolute Gasteiger partial charge is 0.0707 e. The van der Waals surface area contributed by atoms with Crippen molar-refractivity contribution in [2.75, 3.05) is 0 Å². The van der Waals surface area contributed by atoms with Gasteiger partial charge in [-0.3, -0.25) is 0 Å². The summed E-state index contributed by atoms with van der Waals surface area (Å²) in [5, 5.41) is 1.43. The van der Waals surface area contributed by atoms with E-state index in [4.69, 9.17) is 0 Å². The molecule has 0 nitrogen and oxygen atoms in total. The molecule has 1 unspecified atom stereocenters. The summed E-state index contributed by atoms with van der Waals surface area (Å²) in [5.74, 6) is 0.300. The Morgan fingerprint density at radius 2 is 1.19 bits per heavy atom. The molecule has 26 heavy (non-hydrogen) atoms. The highest BCUT2D eigenvalue weighted by Gasteiger charge is 2.31. The van der Waals surface area contributed by atoms with Gasteiger partial charge in [-0.05, 0) is 38.9 Å². The van der Waals surface area contributed by atoms with Gasteiger partial charge in [0.25, 0.3) is 0 Å². The first-order chi connectivity index (χ1) is 12.8. The van der Waals surface area contributed by atoms with Gasteiger partial charge in [0.05, 0.1) is 0 Å². The third-order valence-electron chi connectivity index (χ3n) is 5.45. The average Bonchev–Trinajstić information content (AvgIpc) is 3.04. The summed E-state index contributed by atoms with van der Waals surface area (Å²) in [5.41, 5.74) is 9.65. The van der Waals surface area contributed by atoms with E-state index in [2.05, 4.69) is 97.1 Å². The van der Waals surface area contributed by atoms with Crippen molar-refractivity contribution in [3.05, 3.63) is 114 Å². The van der Waals surface area contributed by atoms with Crippen LogP contribution in [0.5, 0.6) is 0 Å². The molecule has 1 aliphatic rings.